The van der Waals surface area contributed by atoms with Crippen LogP contribution in [0.5, 0.6) is 0 Å². The van der Waals surface area contributed by atoms with Crippen LogP contribution >= 0.6 is 25.3 Å². The predicted molar refractivity (Wildman–Crippen MR) is 262 cm³/mol. The fraction of sp³-hybridized carbons (Fsp3) is 0.591. The molecule has 25 heteroatoms. The van der Waals surface area contributed by atoms with E-state index in [0.717, 1.165) is 10.9 Å². The van der Waals surface area contributed by atoms with Gasteiger partial charge in [-0.1, -0.05) is 32.0 Å². The number of hydrogen-bond acceptors (Lipinski definition) is 13. The van der Waals surface area contributed by atoms with Gasteiger partial charge < -0.3 is 69.0 Å². The van der Waals surface area contributed by atoms with Gasteiger partial charge in [0.2, 0.25) is 47.3 Å². The lowest BCUT2D eigenvalue weighted by atomic mass is 10.0. The molecule has 0 radical (unpaired) electrons. The summed E-state index contributed by atoms with van der Waals surface area (Å²) in [6.45, 7) is 5.08. The normalized spacial score (nSPS) is 18.2. The molecule has 0 spiro atoms. The highest BCUT2D eigenvalue weighted by Gasteiger charge is 2.41. The summed E-state index contributed by atoms with van der Waals surface area (Å²) in [4.78, 5) is 130. The lowest BCUT2D eigenvalue weighted by Crippen LogP contribution is -2.58. The molecule has 0 saturated carbocycles. The maximum atomic E-state index is 14.1. The quantitative estimate of drug-likeness (QED) is 0.0214. The first-order chi connectivity index (χ1) is 32.7. The maximum absolute atomic E-state index is 14.1. The van der Waals surface area contributed by atoms with E-state index in [-0.39, 0.29) is 68.6 Å². The minimum Gasteiger partial charge on any atom is -0.480 e. The van der Waals surface area contributed by atoms with Crippen molar-refractivity contribution in [1.82, 2.24) is 46.7 Å². The van der Waals surface area contributed by atoms with Gasteiger partial charge in [-0.3, -0.25) is 43.3 Å². The largest absolute Gasteiger partial charge is 0.480 e. The average Bonchev–Trinajstić information content (AvgIpc) is 4.10. The summed E-state index contributed by atoms with van der Waals surface area (Å²) >= 11 is 8.09. The van der Waals surface area contributed by atoms with Crippen molar-refractivity contribution in [3.8, 4) is 0 Å². The van der Waals surface area contributed by atoms with Gasteiger partial charge in [-0.15, -0.1) is 0 Å². The first-order valence-electron chi connectivity index (χ1n) is 23.0. The van der Waals surface area contributed by atoms with E-state index in [2.05, 4.69) is 67.1 Å². The van der Waals surface area contributed by atoms with E-state index in [4.69, 9.17) is 17.2 Å². The Hall–Kier alpha value is -6.08. The predicted octanol–water partition coefficient (Wildman–Crippen LogP) is -2.38. The number of hydrogen-bond donors (Lipinski definition) is 13. The highest BCUT2D eigenvalue weighted by Crippen LogP contribution is 2.23. The molecule has 380 valence electrons. The van der Waals surface area contributed by atoms with Crippen molar-refractivity contribution in [2.45, 2.75) is 120 Å². The zero-order valence-corrected chi connectivity index (χ0v) is 40.9. The molecule has 69 heavy (non-hydrogen) atoms. The van der Waals surface area contributed by atoms with E-state index >= 15 is 0 Å². The number of benzene rings is 1. The number of nitrogens with one attached hydrogen (secondary N) is 7. The van der Waals surface area contributed by atoms with Gasteiger partial charge in [0, 0.05) is 54.7 Å². The van der Waals surface area contributed by atoms with Gasteiger partial charge in [0.25, 0.3) is 0 Å². The number of carboxylic acids is 1. The number of likely N-dealkylation sites (tertiary alicyclic amines) is 2. The van der Waals surface area contributed by atoms with Gasteiger partial charge in [0.1, 0.15) is 42.3 Å². The Kier molecular flexibility index (Phi) is 21.4. The number of carboxylic acid groups (broad SMARTS) is 1. The molecule has 1 aromatic carbocycles. The molecule has 23 nitrogen and oxygen atoms in total. The van der Waals surface area contributed by atoms with E-state index in [1.807, 2.05) is 24.3 Å². The minimum atomic E-state index is -1.32. The number of rotatable bonds is 25. The maximum Gasteiger partial charge on any atom is 0.327 e. The number of H-pyrrole nitrogens is 1. The Labute approximate surface area is 411 Å². The summed E-state index contributed by atoms with van der Waals surface area (Å²) in [5, 5.41) is 25.9. The monoisotopic (exact) mass is 1000 g/mol. The van der Waals surface area contributed by atoms with Crippen LogP contribution in [0.3, 0.4) is 0 Å². The number of para-hydroxylation sites is 1. The number of carbonyl (C=O) groups excluding carboxylic acids is 8. The number of fused-ring (bicyclic) bond motifs is 1. The van der Waals surface area contributed by atoms with Crippen molar-refractivity contribution in [1.29, 1.82) is 0 Å². The van der Waals surface area contributed by atoms with Crippen LogP contribution in [-0.2, 0) is 49.6 Å². The molecular weight excluding hydrogens is 935 g/mol. The second-order valence-electron chi connectivity index (χ2n) is 17.6. The molecule has 1 aromatic heterocycles. The topological polar surface area (TPSA) is 359 Å². The molecule has 14 N–H and O–H groups in total. The number of carbonyl (C=O) groups is 9. The Bertz CT molecular complexity index is 2210. The SMILES string of the molecule is CC(C)C[C@H](NC(=O)[C@H](CCCN=C(N)N)NC(=O)CNC(=O)[C@H](Cc1c[nH]c2ccccc12)NC(=O)[C@@H]1CCCN1C(=O)[C@H](C)NC(=O)[C@@H]1CCCN1C(=O)[C@@H](N)CS)C(=O)N[C@@H](CS)C(=O)O. The molecule has 0 unspecified atom stereocenters. The molecule has 2 aliphatic heterocycles. The van der Waals surface area contributed by atoms with Crippen molar-refractivity contribution in [2.75, 3.05) is 37.7 Å². The summed E-state index contributed by atoms with van der Waals surface area (Å²) in [6.07, 6.45) is 3.68. The van der Waals surface area contributed by atoms with Crippen LogP contribution < -0.4 is 49.1 Å². The van der Waals surface area contributed by atoms with Crippen LogP contribution in [0.1, 0.15) is 71.3 Å². The number of nitrogens with two attached hydrogens (primary N) is 3. The van der Waals surface area contributed by atoms with E-state index in [1.54, 1.807) is 20.0 Å². The summed E-state index contributed by atoms with van der Waals surface area (Å²) in [7, 11) is 0. The number of amides is 8. The molecule has 8 atom stereocenters. The molecule has 2 aliphatic rings. The first-order valence-corrected chi connectivity index (χ1v) is 24.2. The number of thiol groups is 2. The molecule has 3 heterocycles. The van der Waals surface area contributed by atoms with Crippen molar-refractivity contribution in [3.05, 3.63) is 36.0 Å². The molecular formula is C44H67N13O10S2. The lowest BCUT2D eigenvalue weighted by Gasteiger charge is -2.30. The Morgan fingerprint density at radius 2 is 1.39 bits per heavy atom. The van der Waals surface area contributed by atoms with Crippen LogP contribution in [0, 0.1) is 5.92 Å². The molecule has 2 saturated heterocycles. The third kappa shape index (κ3) is 16.0. The Morgan fingerprint density at radius 1 is 0.783 bits per heavy atom. The van der Waals surface area contributed by atoms with Gasteiger partial charge in [0.15, 0.2) is 5.96 Å². The van der Waals surface area contributed by atoms with Gasteiger partial charge in [-0.2, -0.15) is 25.3 Å². The molecule has 8 amide bonds. The van der Waals surface area contributed by atoms with E-state index in [1.165, 1.54) is 16.7 Å². The third-order valence-corrected chi connectivity index (χ3v) is 12.6. The fourth-order valence-electron chi connectivity index (χ4n) is 8.26. The van der Waals surface area contributed by atoms with Crippen molar-refractivity contribution >= 4 is 95.3 Å². The highest BCUT2D eigenvalue weighted by molar-refractivity contribution is 7.80. The standard InChI is InChI=1S/C44H67N13O10S2/c1-23(2)17-30(38(61)55-32(22-69)43(66)67)53-37(60)29(11-6-14-48-44(46)47)52-35(58)20-50-36(59)31(18-25-19-49-28-10-5-4-9-26(25)28)54-40(63)34-13-7-15-56(34)41(64)24(3)51-39(62)33-12-8-16-57(33)42(65)27(45)21-68/h4-5,9-10,19,23-24,27,29-34,49,68-69H,6-8,11-18,20-22,45H2,1-3H3,(H,50,59)(H,51,62)(H,52,58)(H,53,60)(H,54,63)(H,55,61)(H,66,67)(H4,46,47,48)/t24-,27-,29-,30-,31-,32-,33-,34-/m0/s1. The van der Waals surface area contributed by atoms with Crippen LogP contribution in [0.25, 0.3) is 10.9 Å². The summed E-state index contributed by atoms with van der Waals surface area (Å²) in [5.74, 6) is -6.92. The minimum absolute atomic E-state index is 0.00528. The summed E-state index contributed by atoms with van der Waals surface area (Å²) in [5.41, 5.74) is 18.3. The molecule has 2 fully saturated rings. The van der Waals surface area contributed by atoms with Gasteiger partial charge >= 0.3 is 5.97 Å². The zero-order chi connectivity index (χ0) is 50.9. The van der Waals surface area contributed by atoms with Crippen LogP contribution in [0.15, 0.2) is 35.5 Å². The van der Waals surface area contributed by atoms with E-state index in [9.17, 15) is 48.3 Å². The molecule has 2 aromatic rings. The van der Waals surface area contributed by atoms with Crippen molar-refractivity contribution in [2.24, 2.45) is 28.1 Å². The molecule has 0 bridgehead atoms. The smallest absolute Gasteiger partial charge is 0.327 e. The van der Waals surface area contributed by atoms with Gasteiger partial charge in [-0.05, 0) is 69.4 Å². The Balaban J connectivity index is 1.48. The summed E-state index contributed by atoms with van der Waals surface area (Å²) in [6, 6.07) is -1.49. The zero-order valence-electron chi connectivity index (χ0n) is 39.1. The van der Waals surface area contributed by atoms with Crippen molar-refractivity contribution < 1.29 is 48.3 Å². The van der Waals surface area contributed by atoms with Gasteiger partial charge in [0.05, 0.1) is 12.6 Å². The second-order valence-corrected chi connectivity index (χ2v) is 18.3. The van der Waals surface area contributed by atoms with E-state index in [0.29, 0.717) is 31.4 Å². The van der Waals surface area contributed by atoms with Crippen molar-refractivity contribution in [3.63, 3.8) is 0 Å². The number of aromatic amines is 1. The number of guanidine groups is 1. The third-order valence-electron chi connectivity index (χ3n) is 11.8. The average molecular weight is 1000 g/mol. The highest BCUT2D eigenvalue weighted by atomic mass is 32.1. The van der Waals surface area contributed by atoms with Crippen LogP contribution in [0.4, 0.5) is 0 Å². The van der Waals surface area contributed by atoms with E-state index < -0.39 is 108 Å². The lowest BCUT2D eigenvalue weighted by molar-refractivity contribution is -0.143. The number of aliphatic imine (C=N–C) groups is 1. The number of aromatic nitrogens is 1. The summed E-state index contributed by atoms with van der Waals surface area (Å²) < 4.78 is 0. The second kappa shape index (κ2) is 26.6. The number of nitrogens with zero attached hydrogens (tertiary/aromatic N) is 3. The molecule has 4 rings (SSSR count). The Morgan fingerprint density at radius 3 is 2.00 bits per heavy atom. The number of aliphatic carboxylic acids is 1. The molecule has 0 aliphatic carbocycles. The fourth-order valence-corrected chi connectivity index (χ4v) is 8.66. The van der Waals surface area contributed by atoms with Crippen LogP contribution in [-0.4, -0.2) is 165 Å². The van der Waals surface area contributed by atoms with Crippen LogP contribution in [0.2, 0.25) is 0 Å². The first kappa shape index (κ1) is 55.5. The van der Waals surface area contributed by atoms with Gasteiger partial charge in [-0.25, -0.2) is 4.79 Å².